The first-order valence-corrected chi connectivity index (χ1v) is 11.4. The maximum Gasteiger partial charge on any atom is 0.258 e. The smallest absolute Gasteiger partial charge is 0.258 e. The topological polar surface area (TPSA) is 53.2 Å². The predicted molar refractivity (Wildman–Crippen MR) is 131 cm³/mol. The average Bonchev–Trinajstić information content (AvgIpc) is 3.07. The zero-order valence-corrected chi connectivity index (χ0v) is 18.8. The molecule has 30 heavy (non-hydrogen) atoms. The molecule has 1 amide bonds. The fourth-order valence-corrected chi connectivity index (χ4v) is 5.39. The summed E-state index contributed by atoms with van der Waals surface area (Å²) < 4.78 is 0. The zero-order chi connectivity index (χ0) is 21.1. The van der Waals surface area contributed by atoms with Gasteiger partial charge in [0.2, 0.25) is 0 Å². The number of carbonyl (C=O) groups is 1. The van der Waals surface area contributed by atoms with Crippen molar-refractivity contribution in [2.75, 3.05) is 16.0 Å². The maximum absolute atomic E-state index is 13.3. The summed E-state index contributed by atoms with van der Waals surface area (Å²) in [4.78, 5) is 14.6. The Kier molecular flexibility index (Phi) is 6.16. The number of fused-ring (bicyclic) bond motifs is 1. The third-order valence-corrected chi connectivity index (χ3v) is 6.68. The van der Waals surface area contributed by atoms with E-state index in [1.54, 1.807) is 11.3 Å². The van der Waals surface area contributed by atoms with Crippen LogP contribution in [0.5, 0.6) is 0 Å². The van der Waals surface area contributed by atoms with Crippen LogP contribution >= 0.6 is 23.6 Å². The number of carbonyl (C=O) groups excluding carboxylic acids is 1. The second-order valence-electron chi connectivity index (χ2n) is 7.82. The molecule has 4 nitrogen and oxygen atoms in total. The molecule has 1 heterocycles. The van der Waals surface area contributed by atoms with E-state index in [0.29, 0.717) is 11.0 Å². The lowest BCUT2D eigenvalue weighted by molar-refractivity contribution is 0.102. The molecule has 0 aliphatic heterocycles. The van der Waals surface area contributed by atoms with Crippen LogP contribution < -0.4 is 16.0 Å². The predicted octanol–water partition coefficient (Wildman–Crippen LogP) is 6.24. The van der Waals surface area contributed by atoms with E-state index >= 15 is 0 Å². The van der Waals surface area contributed by atoms with Crippen LogP contribution in [0, 0.1) is 12.8 Å². The minimum absolute atomic E-state index is 0.0871. The van der Waals surface area contributed by atoms with Crippen molar-refractivity contribution in [1.82, 2.24) is 0 Å². The molecule has 0 bridgehead atoms. The Morgan fingerprint density at radius 2 is 1.70 bits per heavy atom. The molecule has 1 aliphatic rings. The molecule has 3 aromatic rings. The largest absolute Gasteiger partial charge is 0.332 e. The van der Waals surface area contributed by atoms with Gasteiger partial charge in [-0.15, -0.1) is 11.3 Å². The summed E-state index contributed by atoms with van der Waals surface area (Å²) in [5.41, 5.74) is 4.75. The van der Waals surface area contributed by atoms with Crippen molar-refractivity contribution in [2.45, 2.75) is 33.1 Å². The van der Waals surface area contributed by atoms with Crippen LogP contribution in [-0.2, 0) is 12.8 Å². The van der Waals surface area contributed by atoms with Crippen LogP contribution in [0.1, 0.15) is 39.7 Å². The first-order chi connectivity index (χ1) is 14.5. The van der Waals surface area contributed by atoms with Crippen LogP contribution in [0.25, 0.3) is 0 Å². The van der Waals surface area contributed by atoms with E-state index in [1.165, 1.54) is 4.88 Å². The molecule has 6 heteroatoms. The van der Waals surface area contributed by atoms with Gasteiger partial charge in [0.05, 0.1) is 5.56 Å². The standard InChI is InChI=1S/C24H25N3OS2/c1-15-8-11-18(12-9-15)25-22(28)21-19-13-10-16(2)14-20(19)30-23(21)27-24(29)26-17-6-4-3-5-7-17/h3-9,11-12,16H,10,13-14H2,1-2H3,(H,25,28)(H2,26,27,29)/t16-/m0/s1. The highest BCUT2D eigenvalue weighted by atomic mass is 32.1. The highest BCUT2D eigenvalue weighted by molar-refractivity contribution is 7.80. The molecule has 4 rings (SSSR count). The van der Waals surface area contributed by atoms with E-state index in [-0.39, 0.29) is 5.91 Å². The monoisotopic (exact) mass is 435 g/mol. The number of thiophene rings is 1. The fraction of sp³-hybridized carbons (Fsp3) is 0.250. The molecule has 1 aromatic heterocycles. The number of hydrogen-bond donors (Lipinski definition) is 3. The van der Waals surface area contributed by atoms with Crippen molar-refractivity contribution < 1.29 is 4.79 Å². The van der Waals surface area contributed by atoms with Crippen LogP contribution in [0.15, 0.2) is 54.6 Å². The van der Waals surface area contributed by atoms with Gasteiger partial charge in [-0.1, -0.05) is 42.8 Å². The molecule has 0 spiro atoms. The summed E-state index contributed by atoms with van der Waals surface area (Å²) >= 11 is 7.17. The third-order valence-electron chi connectivity index (χ3n) is 5.31. The Labute approximate surface area is 186 Å². The number of benzene rings is 2. The van der Waals surface area contributed by atoms with Gasteiger partial charge < -0.3 is 16.0 Å². The van der Waals surface area contributed by atoms with E-state index < -0.39 is 0 Å². The van der Waals surface area contributed by atoms with E-state index in [9.17, 15) is 4.79 Å². The van der Waals surface area contributed by atoms with Crippen LogP contribution in [0.2, 0.25) is 0 Å². The van der Waals surface area contributed by atoms with Gasteiger partial charge in [-0.3, -0.25) is 4.79 Å². The Bertz CT molecular complexity index is 1060. The lowest BCUT2D eigenvalue weighted by Crippen LogP contribution is -2.22. The number of amides is 1. The normalized spacial score (nSPS) is 15.2. The van der Waals surface area contributed by atoms with Gasteiger partial charge in [0.25, 0.3) is 5.91 Å². The van der Waals surface area contributed by atoms with Gasteiger partial charge in [0.1, 0.15) is 5.00 Å². The summed E-state index contributed by atoms with van der Waals surface area (Å²) in [5.74, 6) is 0.544. The highest BCUT2D eigenvalue weighted by Gasteiger charge is 2.28. The summed E-state index contributed by atoms with van der Waals surface area (Å²) in [5, 5.41) is 10.8. The SMILES string of the molecule is Cc1ccc(NC(=O)c2c(NC(=S)Nc3ccccc3)sc3c2CC[C@H](C)C3)cc1. The Balaban J connectivity index is 1.60. The van der Waals surface area contributed by atoms with E-state index in [2.05, 4.69) is 22.9 Å². The number of nitrogens with one attached hydrogen (secondary N) is 3. The number of aryl methyl sites for hydroxylation is 1. The van der Waals surface area contributed by atoms with Crippen molar-refractivity contribution >= 4 is 51.0 Å². The number of rotatable bonds is 4. The Morgan fingerprint density at radius 1 is 1.00 bits per heavy atom. The van der Waals surface area contributed by atoms with Crippen LogP contribution in [0.3, 0.4) is 0 Å². The van der Waals surface area contributed by atoms with Gasteiger partial charge in [0, 0.05) is 16.3 Å². The van der Waals surface area contributed by atoms with Crippen molar-refractivity contribution in [3.05, 3.63) is 76.2 Å². The number of anilines is 3. The molecule has 3 N–H and O–H groups in total. The van der Waals surface area contributed by atoms with Crippen molar-refractivity contribution in [3.8, 4) is 0 Å². The quantitative estimate of drug-likeness (QED) is 0.425. The molecule has 0 unspecified atom stereocenters. The minimum atomic E-state index is -0.0871. The second-order valence-corrected chi connectivity index (χ2v) is 9.33. The molecule has 0 radical (unpaired) electrons. The van der Waals surface area contributed by atoms with Gasteiger partial charge in [-0.25, -0.2) is 0 Å². The van der Waals surface area contributed by atoms with Gasteiger partial charge in [0.15, 0.2) is 5.11 Å². The summed E-state index contributed by atoms with van der Waals surface area (Å²) in [6.07, 6.45) is 3.02. The van der Waals surface area contributed by atoms with Crippen molar-refractivity contribution in [1.29, 1.82) is 0 Å². The van der Waals surface area contributed by atoms with Crippen molar-refractivity contribution in [2.24, 2.45) is 5.92 Å². The Morgan fingerprint density at radius 3 is 2.43 bits per heavy atom. The zero-order valence-electron chi connectivity index (χ0n) is 17.1. The van der Waals surface area contributed by atoms with Gasteiger partial charge in [-0.05, 0) is 74.2 Å². The molecular weight excluding hydrogens is 410 g/mol. The molecular formula is C24H25N3OS2. The lowest BCUT2D eigenvalue weighted by Gasteiger charge is -2.18. The summed E-state index contributed by atoms with van der Waals surface area (Å²) in [6.45, 7) is 4.30. The molecule has 1 aliphatic carbocycles. The lowest BCUT2D eigenvalue weighted by atomic mass is 9.88. The molecule has 154 valence electrons. The van der Waals surface area contributed by atoms with E-state index in [0.717, 1.165) is 52.3 Å². The number of para-hydroxylation sites is 1. The first kappa shape index (κ1) is 20.6. The maximum atomic E-state index is 13.3. The summed E-state index contributed by atoms with van der Waals surface area (Å²) in [6, 6.07) is 17.7. The van der Waals surface area contributed by atoms with Crippen LogP contribution in [-0.4, -0.2) is 11.0 Å². The van der Waals surface area contributed by atoms with Crippen molar-refractivity contribution in [3.63, 3.8) is 0 Å². The summed E-state index contributed by atoms with van der Waals surface area (Å²) in [7, 11) is 0. The minimum Gasteiger partial charge on any atom is -0.332 e. The molecule has 0 saturated carbocycles. The molecule has 0 saturated heterocycles. The van der Waals surface area contributed by atoms with Gasteiger partial charge >= 0.3 is 0 Å². The highest BCUT2D eigenvalue weighted by Crippen LogP contribution is 2.40. The van der Waals surface area contributed by atoms with E-state index in [1.807, 2.05) is 61.5 Å². The molecule has 0 fully saturated rings. The molecule has 2 aromatic carbocycles. The number of thiocarbonyl (C=S) groups is 1. The van der Waals surface area contributed by atoms with Gasteiger partial charge in [-0.2, -0.15) is 0 Å². The molecule has 1 atom stereocenters. The van der Waals surface area contributed by atoms with Crippen LogP contribution in [0.4, 0.5) is 16.4 Å². The second kappa shape index (κ2) is 8.98. The Hall–Kier alpha value is -2.70. The average molecular weight is 436 g/mol. The fourth-order valence-electron chi connectivity index (χ4n) is 3.70. The number of hydrogen-bond acceptors (Lipinski definition) is 3. The van der Waals surface area contributed by atoms with E-state index in [4.69, 9.17) is 12.2 Å². The third kappa shape index (κ3) is 4.71. The first-order valence-electron chi connectivity index (χ1n) is 10.1.